The van der Waals surface area contributed by atoms with Crippen molar-refractivity contribution in [3.05, 3.63) is 33.8 Å². The number of aliphatic hydroxyl groups excluding tert-OH is 1. The van der Waals surface area contributed by atoms with E-state index >= 15 is 0 Å². The van der Waals surface area contributed by atoms with Gasteiger partial charge >= 0.3 is 0 Å². The molecule has 1 saturated carbocycles. The van der Waals surface area contributed by atoms with E-state index in [0.717, 1.165) is 38.5 Å². The van der Waals surface area contributed by atoms with Gasteiger partial charge in [0.05, 0.1) is 18.8 Å². The lowest BCUT2D eigenvalue weighted by Gasteiger charge is -2.37. The minimum absolute atomic E-state index is 0.0757. The molecular weight excluding hydrogens is 427 g/mol. The zero-order chi connectivity index (χ0) is 21.5. The van der Waals surface area contributed by atoms with Crippen molar-refractivity contribution >= 4 is 35.0 Å². The topological polar surface area (TPSA) is 87.7 Å². The molecule has 3 N–H and O–H groups in total. The molecule has 2 fully saturated rings. The Kier molecular flexibility index (Phi) is 8.81. The Balaban J connectivity index is 1.43. The third kappa shape index (κ3) is 6.58. The van der Waals surface area contributed by atoms with Crippen LogP contribution in [0, 0.1) is 5.92 Å². The van der Waals surface area contributed by atoms with E-state index in [1.165, 1.54) is 6.42 Å². The summed E-state index contributed by atoms with van der Waals surface area (Å²) >= 11 is 11.9. The fourth-order valence-corrected chi connectivity index (χ4v) is 4.83. The number of hydrogen-bond acceptors (Lipinski definition) is 4. The van der Waals surface area contributed by atoms with E-state index in [4.69, 9.17) is 27.9 Å². The molecule has 2 aliphatic rings. The van der Waals surface area contributed by atoms with Crippen LogP contribution in [0.4, 0.5) is 0 Å². The van der Waals surface area contributed by atoms with Gasteiger partial charge in [0.25, 0.3) is 5.91 Å². The average molecular weight is 457 g/mol. The molecule has 0 unspecified atom stereocenters. The maximum Gasteiger partial charge on any atom is 0.251 e. The normalized spacial score (nSPS) is 25.0. The molecule has 1 aliphatic carbocycles. The zero-order valence-corrected chi connectivity index (χ0v) is 18.6. The quantitative estimate of drug-likeness (QED) is 0.583. The highest BCUT2D eigenvalue weighted by atomic mass is 35.5. The highest BCUT2D eigenvalue weighted by Gasteiger charge is 2.33. The maximum absolute atomic E-state index is 12.5. The molecular formula is C22H30Cl2N2O4. The van der Waals surface area contributed by atoms with Gasteiger partial charge in [-0.2, -0.15) is 0 Å². The number of rotatable bonds is 7. The van der Waals surface area contributed by atoms with E-state index in [-0.39, 0.29) is 36.5 Å². The molecule has 1 aromatic rings. The van der Waals surface area contributed by atoms with Gasteiger partial charge < -0.3 is 20.5 Å². The van der Waals surface area contributed by atoms with E-state index < -0.39 is 6.10 Å². The first kappa shape index (κ1) is 23.3. The minimum Gasteiger partial charge on any atom is -0.394 e. The predicted octanol–water partition coefficient (Wildman–Crippen LogP) is 3.72. The van der Waals surface area contributed by atoms with E-state index in [9.17, 15) is 14.7 Å². The first-order valence-electron chi connectivity index (χ1n) is 10.8. The Hall–Kier alpha value is -1.34. The molecule has 0 aromatic heterocycles. The fourth-order valence-electron chi connectivity index (χ4n) is 4.31. The van der Waals surface area contributed by atoms with Gasteiger partial charge in [-0.1, -0.05) is 42.5 Å². The van der Waals surface area contributed by atoms with Crippen molar-refractivity contribution in [2.75, 3.05) is 13.2 Å². The van der Waals surface area contributed by atoms with Crippen LogP contribution in [0.3, 0.4) is 0 Å². The van der Waals surface area contributed by atoms with Crippen molar-refractivity contribution in [2.24, 2.45) is 5.92 Å². The van der Waals surface area contributed by atoms with E-state index in [1.54, 1.807) is 18.2 Å². The van der Waals surface area contributed by atoms with Crippen molar-refractivity contribution < 1.29 is 19.4 Å². The lowest BCUT2D eigenvalue weighted by Crippen LogP contribution is -2.52. The molecule has 1 heterocycles. The second-order valence-electron chi connectivity index (χ2n) is 8.21. The number of ether oxygens (including phenoxy) is 1. The number of carbonyl (C=O) groups is 2. The largest absolute Gasteiger partial charge is 0.394 e. The van der Waals surface area contributed by atoms with Gasteiger partial charge in [-0.25, -0.2) is 0 Å². The lowest BCUT2D eigenvalue weighted by atomic mass is 9.88. The predicted molar refractivity (Wildman–Crippen MR) is 117 cm³/mol. The number of nitrogens with one attached hydrogen (secondary N) is 2. The second kappa shape index (κ2) is 11.3. The van der Waals surface area contributed by atoms with Gasteiger partial charge in [0.2, 0.25) is 5.91 Å². The zero-order valence-electron chi connectivity index (χ0n) is 17.0. The van der Waals surface area contributed by atoms with Crippen LogP contribution < -0.4 is 10.6 Å². The number of halogens is 2. The summed E-state index contributed by atoms with van der Waals surface area (Å²) in [6.45, 7) is 0.296. The number of aliphatic hydroxyl groups is 1. The Morgan fingerprint density at radius 2 is 1.73 bits per heavy atom. The van der Waals surface area contributed by atoms with Gasteiger partial charge in [-0.15, -0.1) is 0 Å². The highest BCUT2D eigenvalue weighted by molar-refractivity contribution is 6.35. The molecule has 3 rings (SSSR count). The molecule has 1 aliphatic heterocycles. The summed E-state index contributed by atoms with van der Waals surface area (Å²) in [5.41, 5.74) is 0.413. The molecule has 8 heteroatoms. The van der Waals surface area contributed by atoms with Gasteiger partial charge in [-0.05, 0) is 50.3 Å². The summed E-state index contributed by atoms with van der Waals surface area (Å²) in [6.07, 6.45) is 6.98. The summed E-state index contributed by atoms with van der Waals surface area (Å²) in [7, 11) is 0. The van der Waals surface area contributed by atoms with E-state index in [0.29, 0.717) is 28.6 Å². The summed E-state index contributed by atoms with van der Waals surface area (Å²) in [5, 5.41) is 16.5. The number of benzene rings is 1. The van der Waals surface area contributed by atoms with Crippen molar-refractivity contribution in [3.8, 4) is 0 Å². The van der Waals surface area contributed by atoms with Crippen LogP contribution in [0.15, 0.2) is 18.2 Å². The van der Waals surface area contributed by atoms with Crippen LogP contribution in [0.2, 0.25) is 10.0 Å². The number of carbonyl (C=O) groups excluding carboxylic acids is 2. The van der Waals surface area contributed by atoms with Crippen LogP contribution in [-0.4, -0.2) is 48.3 Å². The third-order valence-electron chi connectivity index (χ3n) is 5.98. The third-order valence-corrected chi connectivity index (χ3v) is 6.41. The molecule has 1 aromatic carbocycles. The molecule has 3 atom stereocenters. The van der Waals surface area contributed by atoms with Crippen LogP contribution in [0.5, 0.6) is 0 Å². The van der Waals surface area contributed by atoms with Crippen molar-refractivity contribution in [1.82, 2.24) is 10.6 Å². The van der Waals surface area contributed by atoms with Gasteiger partial charge in [0, 0.05) is 28.1 Å². The smallest absolute Gasteiger partial charge is 0.251 e. The Morgan fingerprint density at radius 3 is 2.40 bits per heavy atom. The van der Waals surface area contributed by atoms with Crippen molar-refractivity contribution in [3.63, 3.8) is 0 Å². The number of amides is 2. The molecule has 2 amide bonds. The SMILES string of the molecule is O=C(NCC[C@H]1CC[C@H](NC(=O)C2CCCCC2)[C@@H](CO)O1)c1cc(Cl)cc(Cl)c1. The Morgan fingerprint density at radius 1 is 1.03 bits per heavy atom. The summed E-state index contributed by atoms with van der Waals surface area (Å²) < 4.78 is 6.00. The fraction of sp³-hybridized carbons (Fsp3) is 0.636. The molecule has 6 nitrogen and oxygen atoms in total. The molecule has 0 bridgehead atoms. The van der Waals surface area contributed by atoms with Crippen LogP contribution >= 0.6 is 23.2 Å². The van der Waals surface area contributed by atoms with E-state index in [1.807, 2.05) is 0 Å². The van der Waals surface area contributed by atoms with E-state index in [2.05, 4.69) is 10.6 Å². The maximum atomic E-state index is 12.5. The average Bonchev–Trinajstić information content (AvgIpc) is 2.74. The standard InChI is InChI=1S/C22H30Cl2N2O4/c23-16-10-15(11-17(24)12-16)21(28)25-9-8-18-6-7-19(20(13-27)30-18)26-22(29)14-4-2-1-3-5-14/h10-12,14,18-20,27H,1-9,13H2,(H,25,28)(H,26,29)/t18-,19+,20-/m1/s1. The first-order valence-corrected chi connectivity index (χ1v) is 11.5. The molecule has 166 valence electrons. The highest BCUT2D eigenvalue weighted by Crippen LogP contribution is 2.26. The Bertz CT molecular complexity index is 720. The molecule has 30 heavy (non-hydrogen) atoms. The lowest BCUT2D eigenvalue weighted by molar-refractivity contribution is -0.132. The summed E-state index contributed by atoms with van der Waals surface area (Å²) in [4.78, 5) is 24.8. The second-order valence-corrected chi connectivity index (χ2v) is 9.08. The van der Waals surface area contributed by atoms with Crippen molar-refractivity contribution in [1.29, 1.82) is 0 Å². The summed E-state index contributed by atoms with van der Waals surface area (Å²) in [5.74, 6) is -0.0646. The van der Waals surface area contributed by atoms with Crippen molar-refractivity contribution in [2.45, 2.75) is 69.6 Å². The Labute approximate surface area is 187 Å². The minimum atomic E-state index is -0.418. The monoisotopic (exact) mass is 456 g/mol. The van der Waals surface area contributed by atoms with Crippen LogP contribution in [-0.2, 0) is 9.53 Å². The summed E-state index contributed by atoms with van der Waals surface area (Å²) in [6, 6.07) is 4.56. The molecule has 0 spiro atoms. The van der Waals surface area contributed by atoms with Crippen LogP contribution in [0.25, 0.3) is 0 Å². The first-order chi connectivity index (χ1) is 14.5. The van der Waals surface area contributed by atoms with Crippen LogP contribution in [0.1, 0.15) is 61.7 Å². The number of hydrogen-bond donors (Lipinski definition) is 3. The molecule has 0 radical (unpaired) electrons. The molecule has 1 saturated heterocycles. The van der Waals surface area contributed by atoms with Gasteiger partial charge in [-0.3, -0.25) is 9.59 Å². The van der Waals surface area contributed by atoms with Gasteiger partial charge in [0.15, 0.2) is 0 Å². The van der Waals surface area contributed by atoms with Gasteiger partial charge in [0.1, 0.15) is 6.10 Å².